The van der Waals surface area contributed by atoms with E-state index in [0.717, 1.165) is 19.3 Å². The summed E-state index contributed by atoms with van der Waals surface area (Å²) in [5, 5.41) is 8.77. The molecule has 0 amide bonds. The molecule has 0 saturated heterocycles. The molecule has 0 aromatic rings. The maximum Gasteiger partial charge on any atom is 0.0471 e. The summed E-state index contributed by atoms with van der Waals surface area (Å²) in [7, 11) is 0. The molecule has 1 saturated carbocycles. The molecule has 3 nitrogen and oxygen atoms in total. The van der Waals surface area contributed by atoms with E-state index in [9.17, 15) is 0 Å². The Labute approximate surface area is 65.5 Å². The molecule has 1 aliphatic rings. The van der Waals surface area contributed by atoms with Gasteiger partial charge in [-0.1, -0.05) is 0 Å². The Morgan fingerprint density at radius 2 is 2.20 bits per heavy atom. The standard InChI is InChI=1S/C6H13ClN2O/c7-4-1-2-6(9-10)5(8)3-4/h4-6,9-10H,1-3,8H2. The zero-order valence-corrected chi connectivity index (χ0v) is 6.51. The van der Waals surface area contributed by atoms with Crippen LogP contribution in [0.15, 0.2) is 0 Å². The second-order valence-electron chi connectivity index (χ2n) is 2.81. The van der Waals surface area contributed by atoms with Crippen molar-refractivity contribution >= 4 is 11.6 Å². The smallest absolute Gasteiger partial charge is 0.0471 e. The summed E-state index contributed by atoms with van der Waals surface area (Å²) >= 11 is 5.84. The van der Waals surface area contributed by atoms with Crippen molar-refractivity contribution < 1.29 is 5.21 Å². The number of nitrogens with one attached hydrogen (secondary N) is 1. The van der Waals surface area contributed by atoms with Crippen LogP contribution in [0, 0.1) is 0 Å². The van der Waals surface area contributed by atoms with Crippen molar-refractivity contribution in [3.63, 3.8) is 0 Å². The van der Waals surface area contributed by atoms with Gasteiger partial charge in [0.25, 0.3) is 0 Å². The average Bonchev–Trinajstić information content (AvgIpc) is 1.88. The summed E-state index contributed by atoms with van der Waals surface area (Å²) in [5.74, 6) is 0. The lowest BCUT2D eigenvalue weighted by Crippen LogP contribution is -2.48. The average molecular weight is 165 g/mol. The van der Waals surface area contributed by atoms with Gasteiger partial charge in [0, 0.05) is 17.5 Å². The van der Waals surface area contributed by atoms with Crippen molar-refractivity contribution in [2.45, 2.75) is 36.7 Å². The van der Waals surface area contributed by atoms with E-state index < -0.39 is 0 Å². The number of halogens is 1. The molecule has 1 fully saturated rings. The normalized spacial score (nSPS) is 41.7. The van der Waals surface area contributed by atoms with Crippen molar-refractivity contribution in [1.29, 1.82) is 0 Å². The third-order valence-electron chi connectivity index (χ3n) is 2.00. The monoisotopic (exact) mass is 164 g/mol. The highest BCUT2D eigenvalue weighted by Crippen LogP contribution is 2.21. The van der Waals surface area contributed by atoms with Crippen molar-refractivity contribution in [1.82, 2.24) is 5.48 Å². The molecule has 3 atom stereocenters. The largest absolute Gasteiger partial charge is 0.326 e. The lowest BCUT2D eigenvalue weighted by atomic mass is 9.91. The van der Waals surface area contributed by atoms with Crippen LogP contribution in [-0.4, -0.2) is 22.7 Å². The lowest BCUT2D eigenvalue weighted by molar-refractivity contribution is 0.0973. The van der Waals surface area contributed by atoms with Gasteiger partial charge in [-0.05, 0) is 19.3 Å². The third-order valence-corrected chi connectivity index (χ3v) is 2.40. The Balaban J connectivity index is 2.36. The summed E-state index contributed by atoms with van der Waals surface area (Å²) in [6, 6.07) is 0.0382. The van der Waals surface area contributed by atoms with Crippen LogP contribution in [-0.2, 0) is 0 Å². The molecule has 4 N–H and O–H groups in total. The van der Waals surface area contributed by atoms with Gasteiger partial charge in [0.1, 0.15) is 0 Å². The number of nitrogens with two attached hydrogens (primary N) is 1. The molecule has 1 aliphatic carbocycles. The van der Waals surface area contributed by atoms with Crippen LogP contribution < -0.4 is 11.2 Å². The van der Waals surface area contributed by atoms with Crippen LogP contribution in [0.25, 0.3) is 0 Å². The summed E-state index contributed by atoms with van der Waals surface area (Å²) in [4.78, 5) is 0. The lowest BCUT2D eigenvalue weighted by Gasteiger charge is -2.29. The predicted octanol–water partition coefficient (Wildman–Crippen LogP) is 0.452. The zero-order valence-electron chi connectivity index (χ0n) is 5.76. The molecule has 3 unspecified atom stereocenters. The Bertz CT molecular complexity index is 112. The number of hydrogen-bond donors (Lipinski definition) is 3. The molecule has 0 aromatic carbocycles. The molecule has 0 spiro atoms. The molecule has 60 valence electrons. The van der Waals surface area contributed by atoms with Crippen molar-refractivity contribution in [3.8, 4) is 0 Å². The number of alkyl halides is 1. The first-order valence-corrected chi connectivity index (χ1v) is 3.97. The van der Waals surface area contributed by atoms with E-state index in [-0.39, 0.29) is 17.5 Å². The van der Waals surface area contributed by atoms with Gasteiger partial charge in [-0.15, -0.1) is 11.6 Å². The highest BCUT2D eigenvalue weighted by atomic mass is 35.5. The minimum absolute atomic E-state index is 0.00116. The molecule has 10 heavy (non-hydrogen) atoms. The Kier molecular flexibility index (Phi) is 2.92. The predicted molar refractivity (Wildman–Crippen MR) is 40.2 cm³/mol. The third kappa shape index (κ3) is 1.83. The Hall–Kier alpha value is 0.170. The molecule has 0 aromatic heterocycles. The fourth-order valence-electron chi connectivity index (χ4n) is 1.31. The van der Waals surface area contributed by atoms with Gasteiger partial charge in [-0.3, -0.25) is 0 Å². The molecule has 0 heterocycles. The van der Waals surface area contributed by atoms with E-state index in [0.29, 0.717) is 0 Å². The first-order valence-electron chi connectivity index (χ1n) is 3.53. The summed E-state index contributed by atoms with van der Waals surface area (Å²) in [5.41, 5.74) is 7.86. The van der Waals surface area contributed by atoms with Gasteiger partial charge in [0.05, 0.1) is 0 Å². The van der Waals surface area contributed by atoms with E-state index in [1.807, 2.05) is 0 Å². The van der Waals surface area contributed by atoms with Crippen LogP contribution in [0.3, 0.4) is 0 Å². The summed E-state index contributed by atoms with van der Waals surface area (Å²) < 4.78 is 0. The quantitative estimate of drug-likeness (QED) is 0.390. The van der Waals surface area contributed by atoms with Gasteiger partial charge >= 0.3 is 0 Å². The van der Waals surface area contributed by atoms with Gasteiger partial charge in [0.2, 0.25) is 0 Å². The molecular formula is C6H13ClN2O. The van der Waals surface area contributed by atoms with Crippen LogP contribution >= 0.6 is 11.6 Å². The minimum atomic E-state index is 0.00116. The maximum absolute atomic E-state index is 8.57. The fourth-order valence-corrected chi connectivity index (χ4v) is 1.64. The van der Waals surface area contributed by atoms with E-state index in [1.165, 1.54) is 0 Å². The van der Waals surface area contributed by atoms with E-state index in [1.54, 1.807) is 0 Å². The minimum Gasteiger partial charge on any atom is -0.326 e. The topological polar surface area (TPSA) is 58.3 Å². The van der Waals surface area contributed by atoms with Gasteiger partial charge in [0.15, 0.2) is 0 Å². The number of hydrogen-bond acceptors (Lipinski definition) is 3. The number of hydroxylamine groups is 1. The van der Waals surface area contributed by atoms with E-state index in [2.05, 4.69) is 5.48 Å². The summed E-state index contributed by atoms with van der Waals surface area (Å²) in [6.07, 6.45) is 2.60. The van der Waals surface area contributed by atoms with Crippen LogP contribution in [0.5, 0.6) is 0 Å². The molecule has 0 radical (unpaired) electrons. The zero-order chi connectivity index (χ0) is 7.56. The van der Waals surface area contributed by atoms with Crippen molar-refractivity contribution in [2.75, 3.05) is 0 Å². The van der Waals surface area contributed by atoms with E-state index >= 15 is 0 Å². The molecule has 1 rings (SSSR count). The molecular weight excluding hydrogens is 152 g/mol. The van der Waals surface area contributed by atoms with Gasteiger partial charge in [-0.2, -0.15) is 0 Å². The van der Waals surface area contributed by atoms with Crippen molar-refractivity contribution in [3.05, 3.63) is 0 Å². The second-order valence-corrected chi connectivity index (χ2v) is 3.43. The first kappa shape index (κ1) is 8.27. The second kappa shape index (κ2) is 3.53. The number of rotatable bonds is 1. The molecule has 0 bridgehead atoms. The van der Waals surface area contributed by atoms with Crippen LogP contribution in [0.1, 0.15) is 19.3 Å². The highest BCUT2D eigenvalue weighted by molar-refractivity contribution is 6.20. The first-order chi connectivity index (χ1) is 4.74. The van der Waals surface area contributed by atoms with Gasteiger partial charge in [-0.25, -0.2) is 5.48 Å². The maximum atomic E-state index is 8.57. The van der Waals surface area contributed by atoms with Crippen molar-refractivity contribution in [2.24, 2.45) is 5.73 Å². The summed E-state index contributed by atoms with van der Waals surface area (Å²) in [6.45, 7) is 0. The Morgan fingerprint density at radius 1 is 1.50 bits per heavy atom. The highest BCUT2D eigenvalue weighted by Gasteiger charge is 2.25. The SMILES string of the molecule is NC1CC(Cl)CCC1NO. The van der Waals surface area contributed by atoms with Gasteiger partial charge < -0.3 is 10.9 Å². The van der Waals surface area contributed by atoms with E-state index in [4.69, 9.17) is 22.5 Å². The fraction of sp³-hybridized carbons (Fsp3) is 1.00. The Morgan fingerprint density at radius 3 is 2.70 bits per heavy atom. The molecule has 4 heteroatoms. The van der Waals surface area contributed by atoms with Crippen LogP contribution in [0.2, 0.25) is 0 Å². The molecule has 0 aliphatic heterocycles. The van der Waals surface area contributed by atoms with Crippen LogP contribution in [0.4, 0.5) is 0 Å².